The van der Waals surface area contributed by atoms with Crippen molar-refractivity contribution in [3.8, 4) is 0 Å². The van der Waals surface area contributed by atoms with Crippen LogP contribution in [0.15, 0.2) is 0 Å². The fraction of sp³-hybridized carbons (Fsp3) is 0.889. The van der Waals surface area contributed by atoms with Crippen LogP contribution in [-0.2, 0) is 4.74 Å². The Morgan fingerprint density at radius 2 is 2.36 bits per heavy atom. The molecule has 5 heteroatoms. The van der Waals surface area contributed by atoms with Crippen LogP contribution in [0.2, 0.25) is 0 Å². The minimum Gasteiger partial charge on any atom is -0.394 e. The number of morpholine rings is 1. The Hall–Kier alpha value is -0.810. The number of carbonyl (C=O) groups is 1. The molecular weight excluding hydrogens is 184 g/mol. The molecule has 1 saturated heterocycles. The van der Waals surface area contributed by atoms with Gasteiger partial charge >= 0.3 is 6.03 Å². The van der Waals surface area contributed by atoms with Crippen LogP contribution in [0, 0.1) is 0 Å². The van der Waals surface area contributed by atoms with Crippen molar-refractivity contribution in [2.75, 3.05) is 26.2 Å². The summed E-state index contributed by atoms with van der Waals surface area (Å²) in [5.41, 5.74) is 0. The van der Waals surface area contributed by atoms with Gasteiger partial charge in [-0.2, -0.15) is 0 Å². The summed E-state index contributed by atoms with van der Waals surface area (Å²) >= 11 is 0. The molecule has 14 heavy (non-hydrogen) atoms. The number of ether oxygens (including phenoxy) is 1. The molecule has 0 radical (unpaired) electrons. The highest BCUT2D eigenvalue weighted by Crippen LogP contribution is 2.10. The maximum atomic E-state index is 11.5. The number of amides is 2. The highest BCUT2D eigenvalue weighted by molar-refractivity contribution is 5.74. The Balaban J connectivity index is 2.48. The molecule has 1 aliphatic heterocycles. The molecule has 0 aliphatic carbocycles. The second kappa shape index (κ2) is 5.17. The largest absolute Gasteiger partial charge is 0.394 e. The first-order valence-electron chi connectivity index (χ1n) is 4.96. The average Bonchev–Trinajstić information content (AvgIpc) is 2.17. The van der Waals surface area contributed by atoms with E-state index in [0.717, 1.165) is 0 Å². The van der Waals surface area contributed by atoms with E-state index >= 15 is 0 Å². The normalized spacial score (nSPS) is 27.5. The lowest BCUT2D eigenvalue weighted by Crippen LogP contribution is -2.53. The van der Waals surface area contributed by atoms with Gasteiger partial charge in [0.25, 0.3) is 0 Å². The molecule has 1 rings (SSSR count). The number of nitrogens with one attached hydrogen (secondary N) is 1. The van der Waals surface area contributed by atoms with Crippen LogP contribution in [0.5, 0.6) is 0 Å². The molecule has 0 bridgehead atoms. The number of urea groups is 1. The molecule has 5 nitrogen and oxygen atoms in total. The first-order valence-corrected chi connectivity index (χ1v) is 4.96. The second-order valence-corrected chi connectivity index (χ2v) is 3.49. The zero-order chi connectivity index (χ0) is 10.6. The van der Waals surface area contributed by atoms with Crippen molar-refractivity contribution in [1.29, 1.82) is 0 Å². The van der Waals surface area contributed by atoms with Crippen LogP contribution in [0.25, 0.3) is 0 Å². The average molecular weight is 202 g/mol. The summed E-state index contributed by atoms with van der Waals surface area (Å²) in [6, 6.07) is -0.0823. The van der Waals surface area contributed by atoms with Crippen molar-refractivity contribution < 1.29 is 14.6 Å². The van der Waals surface area contributed by atoms with Crippen molar-refractivity contribution in [2.45, 2.75) is 26.1 Å². The number of rotatable bonds is 2. The maximum absolute atomic E-state index is 11.5. The van der Waals surface area contributed by atoms with Gasteiger partial charge in [0.1, 0.15) is 0 Å². The molecule has 2 N–H and O–H groups in total. The standard InChI is InChI=1S/C9H18N2O3/c1-3-10-9(13)11-4-7(2)14-8(5-11)6-12/h7-8,12H,3-6H2,1-2H3,(H,10,13). The zero-order valence-electron chi connectivity index (χ0n) is 8.69. The van der Waals surface area contributed by atoms with Crippen molar-refractivity contribution in [2.24, 2.45) is 0 Å². The number of nitrogens with zero attached hydrogens (tertiary/aromatic N) is 1. The van der Waals surface area contributed by atoms with Crippen LogP contribution in [0.4, 0.5) is 4.79 Å². The predicted molar refractivity (Wildman–Crippen MR) is 52.1 cm³/mol. The van der Waals surface area contributed by atoms with E-state index in [4.69, 9.17) is 9.84 Å². The minimum absolute atomic E-state index is 0.0106. The van der Waals surface area contributed by atoms with Gasteiger partial charge in [-0.3, -0.25) is 0 Å². The summed E-state index contributed by atoms with van der Waals surface area (Å²) in [6.07, 6.45) is -0.259. The van der Waals surface area contributed by atoms with Gasteiger partial charge in [-0.05, 0) is 13.8 Å². The molecule has 0 aromatic rings. The molecular formula is C9H18N2O3. The number of hydrogen-bond donors (Lipinski definition) is 2. The van der Waals surface area contributed by atoms with Gasteiger partial charge in [-0.15, -0.1) is 0 Å². The number of aliphatic hydroxyl groups is 1. The topological polar surface area (TPSA) is 61.8 Å². The van der Waals surface area contributed by atoms with Gasteiger partial charge in [0.2, 0.25) is 0 Å². The fourth-order valence-electron chi connectivity index (χ4n) is 1.57. The van der Waals surface area contributed by atoms with E-state index in [1.807, 2.05) is 13.8 Å². The third-order valence-corrected chi connectivity index (χ3v) is 2.15. The monoisotopic (exact) mass is 202 g/mol. The van der Waals surface area contributed by atoms with Gasteiger partial charge in [0.15, 0.2) is 0 Å². The van der Waals surface area contributed by atoms with Gasteiger partial charge in [0, 0.05) is 13.1 Å². The van der Waals surface area contributed by atoms with Crippen molar-refractivity contribution in [1.82, 2.24) is 10.2 Å². The fourth-order valence-corrected chi connectivity index (χ4v) is 1.57. The van der Waals surface area contributed by atoms with E-state index in [9.17, 15) is 4.79 Å². The second-order valence-electron chi connectivity index (χ2n) is 3.49. The summed E-state index contributed by atoms with van der Waals surface area (Å²) in [5, 5.41) is 11.7. The van der Waals surface area contributed by atoms with Crippen LogP contribution in [0.3, 0.4) is 0 Å². The lowest BCUT2D eigenvalue weighted by Gasteiger charge is -2.35. The van der Waals surface area contributed by atoms with Gasteiger partial charge in [-0.25, -0.2) is 4.79 Å². The Labute approximate surface area is 84.0 Å². The molecule has 2 amide bonds. The number of aliphatic hydroxyl groups excluding tert-OH is 1. The molecule has 0 saturated carbocycles. The molecule has 1 fully saturated rings. The zero-order valence-corrected chi connectivity index (χ0v) is 8.69. The Kier molecular flexibility index (Phi) is 4.16. The SMILES string of the molecule is CCNC(=O)N1CC(C)OC(CO)C1. The Bertz CT molecular complexity index is 198. The predicted octanol–water partition coefficient (Wildman–Crippen LogP) is -0.203. The van der Waals surface area contributed by atoms with E-state index < -0.39 is 0 Å². The van der Waals surface area contributed by atoms with Crippen molar-refractivity contribution in [3.63, 3.8) is 0 Å². The molecule has 0 spiro atoms. The summed E-state index contributed by atoms with van der Waals surface area (Å²) in [4.78, 5) is 13.2. The number of carbonyl (C=O) groups excluding carboxylic acids is 1. The van der Waals surface area contributed by atoms with Gasteiger partial charge < -0.3 is 20.1 Å². The maximum Gasteiger partial charge on any atom is 0.317 e. The highest BCUT2D eigenvalue weighted by atomic mass is 16.5. The third-order valence-electron chi connectivity index (χ3n) is 2.15. The molecule has 0 aromatic carbocycles. The molecule has 82 valence electrons. The molecule has 2 atom stereocenters. The van der Waals surface area contributed by atoms with Crippen LogP contribution >= 0.6 is 0 Å². The van der Waals surface area contributed by atoms with Gasteiger partial charge in [0.05, 0.1) is 25.4 Å². The summed E-state index contributed by atoms with van der Waals surface area (Å²) in [6.45, 7) is 5.41. The van der Waals surface area contributed by atoms with E-state index in [1.54, 1.807) is 4.90 Å². The van der Waals surface area contributed by atoms with E-state index in [0.29, 0.717) is 19.6 Å². The van der Waals surface area contributed by atoms with E-state index in [2.05, 4.69) is 5.32 Å². The van der Waals surface area contributed by atoms with Crippen molar-refractivity contribution >= 4 is 6.03 Å². The molecule has 0 aromatic heterocycles. The van der Waals surface area contributed by atoms with E-state index in [1.165, 1.54) is 0 Å². The summed E-state index contributed by atoms with van der Waals surface area (Å²) in [5.74, 6) is 0. The third kappa shape index (κ3) is 2.85. The lowest BCUT2D eigenvalue weighted by atomic mass is 10.2. The van der Waals surface area contributed by atoms with Crippen LogP contribution in [0.1, 0.15) is 13.8 Å². The Morgan fingerprint density at radius 3 is 2.93 bits per heavy atom. The smallest absolute Gasteiger partial charge is 0.317 e. The van der Waals surface area contributed by atoms with Crippen LogP contribution in [-0.4, -0.2) is 54.5 Å². The molecule has 2 unspecified atom stereocenters. The summed E-state index contributed by atoms with van der Waals surface area (Å²) < 4.78 is 5.42. The van der Waals surface area contributed by atoms with Crippen LogP contribution < -0.4 is 5.32 Å². The molecule has 1 aliphatic rings. The highest BCUT2D eigenvalue weighted by Gasteiger charge is 2.27. The van der Waals surface area contributed by atoms with E-state index in [-0.39, 0.29) is 24.8 Å². The minimum atomic E-state index is -0.249. The molecule has 1 heterocycles. The quantitative estimate of drug-likeness (QED) is 0.651. The van der Waals surface area contributed by atoms with Crippen molar-refractivity contribution in [3.05, 3.63) is 0 Å². The number of hydrogen-bond acceptors (Lipinski definition) is 3. The Morgan fingerprint density at radius 1 is 1.64 bits per heavy atom. The first-order chi connectivity index (χ1) is 6.67. The first kappa shape index (κ1) is 11.3. The lowest BCUT2D eigenvalue weighted by molar-refractivity contribution is -0.0833. The van der Waals surface area contributed by atoms with Gasteiger partial charge in [-0.1, -0.05) is 0 Å². The summed E-state index contributed by atoms with van der Waals surface area (Å²) in [7, 11) is 0.